The lowest BCUT2D eigenvalue weighted by Crippen LogP contribution is -2.67. The predicted octanol–water partition coefficient (Wildman–Crippen LogP) is 8.83. The first-order chi connectivity index (χ1) is 23.5. The van der Waals surface area contributed by atoms with Crippen molar-refractivity contribution in [3.05, 3.63) is 12.2 Å². The number of unbranched alkanes of at least 4 members (excludes halogenated alkanes) is 5. The van der Waals surface area contributed by atoms with Crippen molar-refractivity contribution in [1.82, 2.24) is 10.6 Å². The van der Waals surface area contributed by atoms with Crippen molar-refractivity contribution in [2.45, 2.75) is 170 Å². The maximum atomic E-state index is 14.4. The van der Waals surface area contributed by atoms with Crippen LogP contribution in [0.2, 0.25) is 0 Å². The van der Waals surface area contributed by atoms with E-state index in [9.17, 15) is 19.5 Å². The Hall–Kier alpha value is -1.89. The van der Waals surface area contributed by atoms with E-state index in [1.54, 1.807) is 0 Å². The van der Waals surface area contributed by atoms with E-state index in [1.165, 1.54) is 31.3 Å². The smallest absolute Gasteiger partial charge is 0.303 e. The molecular formula is C43H72N2O5. The summed E-state index contributed by atoms with van der Waals surface area (Å²) in [7, 11) is 0. The second kappa shape index (κ2) is 15.2. The normalized spacial score (nSPS) is 40.1. The van der Waals surface area contributed by atoms with Crippen LogP contribution in [0.3, 0.4) is 0 Å². The number of allylic oxidation sites excluding steroid dienone is 1. The van der Waals surface area contributed by atoms with Crippen LogP contribution < -0.4 is 10.6 Å². The quantitative estimate of drug-likeness (QED) is 0.101. The SMILES string of the molecule is C=C(C)[C@@H]1CC[C@]2(C(=O)NCCCCCCCC(=O)NCCCCC(=O)O)CC[C@]3(C)[C@H](CC[C@@H]4[C@@]5(C)CC[C@H](O)C(C)(C)[C@@H]5CC[C@]43C)[C@@H]12. The van der Waals surface area contributed by atoms with Gasteiger partial charge < -0.3 is 20.8 Å². The number of nitrogens with one attached hydrogen (secondary N) is 2. The summed E-state index contributed by atoms with van der Waals surface area (Å²) in [4.78, 5) is 37.1. The summed E-state index contributed by atoms with van der Waals surface area (Å²) in [6, 6.07) is 0. The van der Waals surface area contributed by atoms with Crippen molar-refractivity contribution >= 4 is 17.8 Å². The van der Waals surface area contributed by atoms with Crippen LogP contribution in [0.25, 0.3) is 0 Å². The molecule has 284 valence electrons. The molecular weight excluding hydrogens is 624 g/mol. The van der Waals surface area contributed by atoms with Crippen LogP contribution in [0, 0.1) is 56.7 Å². The summed E-state index contributed by atoms with van der Waals surface area (Å²) in [5.41, 5.74) is 1.66. The van der Waals surface area contributed by atoms with E-state index < -0.39 is 5.97 Å². The van der Waals surface area contributed by atoms with E-state index in [-0.39, 0.29) is 45.5 Å². The number of carboxylic acid groups (broad SMARTS) is 1. The third-order valence-corrected chi connectivity index (χ3v) is 16.5. The van der Waals surface area contributed by atoms with Crippen LogP contribution in [-0.2, 0) is 14.4 Å². The zero-order valence-corrected chi connectivity index (χ0v) is 32.6. The van der Waals surface area contributed by atoms with E-state index in [0.29, 0.717) is 61.3 Å². The molecule has 0 radical (unpaired) electrons. The van der Waals surface area contributed by atoms with Gasteiger partial charge in [-0.3, -0.25) is 14.4 Å². The fourth-order valence-corrected chi connectivity index (χ4v) is 13.6. The van der Waals surface area contributed by atoms with Gasteiger partial charge in [-0.25, -0.2) is 0 Å². The average Bonchev–Trinajstić information content (AvgIpc) is 3.45. The molecule has 0 heterocycles. The van der Waals surface area contributed by atoms with Crippen molar-refractivity contribution in [2.24, 2.45) is 56.7 Å². The molecule has 0 aromatic carbocycles. The van der Waals surface area contributed by atoms with Crippen LogP contribution in [-0.4, -0.2) is 47.2 Å². The number of carboxylic acids is 1. The fraction of sp³-hybridized carbons (Fsp3) is 0.884. The van der Waals surface area contributed by atoms with Crippen LogP contribution in [0.4, 0.5) is 0 Å². The van der Waals surface area contributed by atoms with Gasteiger partial charge in [-0.05, 0) is 148 Å². The molecule has 0 unspecified atom stereocenters. The first-order valence-corrected chi connectivity index (χ1v) is 20.6. The Morgan fingerprint density at radius 2 is 1.36 bits per heavy atom. The minimum Gasteiger partial charge on any atom is -0.481 e. The summed E-state index contributed by atoms with van der Waals surface area (Å²) in [6.07, 6.45) is 17.9. The molecule has 0 spiro atoms. The van der Waals surface area contributed by atoms with Crippen molar-refractivity contribution in [2.75, 3.05) is 13.1 Å². The minimum absolute atomic E-state index is 0.0364. The summed E-state index contributed by atoms with van der Waals surface area (Å²) in [6.45, 7) is 20.5. The minimum atomic E-state index is -0.790. The van der Waals surface area contributed by atoms with Gasteiger partial charge in [0.05, 0.1) is 11.5 Å². The molecule has 7 nitrogen and oxygen atoms in total. The third kappa shape index (κ3) is 6.96. The molecule has 5 aliphatic rings. The number of hydrogen-bond donors (Lipinski definition) is 4. The van der Waals surface area contributed by atoms with Crippen molar-refractivity contribution in [3.8, 4) is 0 Å². The highest BCUT2D eigenvalue weighted by molar-refractivity contribution is 5.84. The maximum absolute atomic E-state index is 14.4. The zero-order chi connectivity index (χ0) is 36.5. The molecule has 0 aromatic heterocycles. The second-order valence-electron chi connectivity index (χ2n) is 19.2. The number of carbonyl (C=O) groups excluding carboxylic acids is 2. The topological polar surface area (TPSA) is 116 Å². The standard InChI is InChI=1S/C43H72N2O5/c1-29(2)30-19-24-43(38(50)45-28-13-10-8-9-11-15-35(47)44-27-14-12-16-36(48)49)26-25-41(6)31(37(30)43)17-18-33-40(5)22-21-34(46)39(3,4)32(40)20-23-42(33,41)7/h30-34,37,46H,1,8-28H2,2-7H3,(H,44,47)(H,45,50)(H,48,49)/t30-,31+,32-,33+,34-,37+,40-,41+,42+,43-/m0/s1. The van der Waals surface area contributed by atoms with Crippen molar-refractivity contribution in [3.63, 3.8) is 0 Å². The highest BCUT2D eigenvalue weighted by Crippen LogP contribution is 2.77. The summed E-state index contributed by atoms with van der Waals surface area (Å²) >= 11 is 0. The van der Waals surface area contributed by atoms with Gasteiger partial charge in [-0.1, -0.05) is 66.0 Å². The van der Waals surface area contributed by atoms with E-state index >= 15 is 0 Å². The maximum Gasteiger partial charge on any atom is 0.303 e. The number of carbonyl (C=O) groups is 3. The van der Waals surface area contributed by atoms with Gasteiger partial charge in [-0.2, -0.15) is 0 Å². The zero-order valence-electron chi connectivity index (χ0n) is 32.6. The molecule has 0 saturated heterocycles. The molecule has 10 atom stereocenters. The number of amides is 2. The van der Waals surface area contributed by atoms with Gasteiger partial charge >= 0.3 is 5.97 Å². The number of fused-ring (bicyclic) bond motifs is 7. The summed E-state index contributed by atoms with van der Waals surface area (Å²) in [5.74, 6) is 2.12. The molecule has 7 heteroatoms. The number of hydrogen-bond acceptors (Lipinski definition) is 4. The van der Waals surface area contributed by atoms with Gasteiger partial charge in [0.2, 0.25) is 11.8 Å². The van der Waals surface area contributed by atoms with E-state index in [4.69, 9.17) is 5.11 Å². The molecule has 2 amide bonds. The molecule has 5 fully saturated rings. The Morgan fingerprint density at radius 3 is 2.08 bits per heavy atom. The van der Waals surface area contributed by atoms with Crippen LogP contribution in [0.5, 0.6) is 0 Å². The van der Waals surface area contributed by atoms with E-state index in [2.05, 4.69) is 58.8 Å². The summed E-state index contributed by atoms with van der Waals surface area (Å²) < 4.78 is 0. The Balaban J connectivity index is 1.16. The van der Waals surface area contributed by atoms with Crippen LogP contribution >= 0.6 is 0 Å². The van der Waals surface area contributed by atoms with Crippen molar-refractivity contribution < 1.29 is 24.6 Å². The number of aliphatic carboxylic acids is 1. The number of rotatable bonds is 15. The second-order valence-corrected chi connectivity index (χ2v) is 19.2. The Kier molecular flexibility index (Phi) is 12.0. The first kappa shape index (κ1) is 39.3. The van der Waals surface area contributed by atoms with Crippen molar-refractivity contribution in [1.29, 1.82) is 0 Å². The lowest BCUT2D eigenvalue weighted by Gasteiger charge is -2.72. The average molecular weight is 697 g/mol. The lowest BCUT2D eigenvalue weighted by molar-refractivity contribution is -0.246. The molecule has 5 rings (SSSR count). The van der Waals surface area contributed by atoms with E-state index in [1.807, 2.05) is 0 Å². The molecule has 4 N–H and O–H groups in total. The summed E-state index contributed by atoms with van der Waals surface area (Å²) in [5, 5.41) is 26.1. The molecule has 5 aliphatic carbocycles. The van der Waals surface area contributed by atoms with E-state index in [0.717, 1.165) is 77.2 Å². The highest BCUT2D eigenvalue weighted by Gasteiger charge is 2.71. The number of aliphatic hydroxyl groups excluding tert-OH is 1. The number of aliphatic hydroxyl groups is 1. The van der Waals surface area contributed by atoms with Gasteiger partial charge in [0, 0.05) is 25.9 Å². The molecule has 0 bridgehead atoms. The first-order valence-electron chi connectivity index (χ1n) is 20.6. The van der Waals surface area contributed by atoms with Crippen LogP contribution in [0.1, 0.15) is 164 Å². The fourth-order valence-electron chi connectivity index (χ4n) is 13.6. The predicted molar refractivity (Wildman–Crippen MR) is 200 cm³/mol. The third-order valence-electron chi connectivity index (χ3n) is 16.5. The largest absolute Gasteiger partial charge is 0.481 e. The monoisotopic (exact) mass is 697 g/mol. The Labute approximate surface area is 304 Å². The molecule has 50 heavy (non-hydrogen) atoms. The molecule has 0 aliphatic heterocycles. The molecule has 0 aromatic rings. The lowest BCUT2D eigenvalue weighted by atomic mass is 9.32. The van der Waals surface area contributed by atoms with Gasteiger partial charge in [0.15, 0.2) is 0 Å². The Morgan fingerprint density at radius 1 is 0.700 bits per heavy atom. The van der Waals surface area contributed by atoms with Gasteiger partial charge in [0.25, 0.3) is 0 Å². The highest BCUT2D eigenvalue weighted by atomic mass is 16.4. The van der Waals surface area contributed by atoms with Crippen LogP contribution in [0.15, 0.2) is 12.2 Å². The molecule has 5 saturated carbocycles. The van der Waals surface area contributed by atoms with Gasteiger partial charge in [-0.15, -0.1) is 0 Å². The Bertz CT molecular complexity index is 1260. The van der Waals surface area contributed by atoms with Gasteiger partial charge in [0.1, 0.15) is 0 Å².